The van der Waals surface area contributed by atoms with Crippen molar-refractivity contribution < 1.29 is 4.79 Å². The zero-order chi connectivity index (χ0) is 11.3. The van der Waals surface area contributed by atoms with Gasteiger partial charge in [-0.25, -0.2) is 4.98 Å². The fourth-order valence-electron chi connectivity index (χ4n) is 2.51. The van der Waals surface area contributed by atoms with E-state index in [9.17, 15) is 4.79 Å². The summed E-state index contributed by atoms with van der Waals surface area (Å²) >= 11 is 0. The zero-order valence-corrected chi connectivity index (χ0v) is 9.16. The Balaban J connectivity index is 2.44. The number of ketones is 1. The Bertz CT molecular complexity index is 598. The Kier molecular flexibility index (Phi) is 1.80. The van der Waals surface area contributed by atoms with Gasteiger partial charge in [-0.15, -0.1) is 0 Å². The highest BCUT2D eigenvalue weighted by atomic mass is 16.1. The summed E-state index contributed by atoms with van der Waals surface area (Å²) in [5, 5.41) is 0.941. The first-order valence-electron chi connectivity index (χ1n) is 5.45. The normalized spacial score (nSPS) is 15.4. The lowest BCUT2D eigenvalue weighted by molar-refractivity contribution is 0.0973. The highest BCUT2D eigenvalue weighted by Crippen LogP contribution is 2.30. The van der Waals surface area contributed by atoms with Crippen LogP contribution in [-0.2, 0) is 13.5 Å². The van der Waals surface area contributed by atoms with E-state index in [-0.39, 0.29) is 5.78 Å². The molecule has 2 aromatic heterocycles. The number of aryl methyl sites for hydroxylation is 1. The molecule has 0 amide bonds. The van der Waals surface area contributed by atoms with Crippen molar-refractivity contribution in [1.29, 1.82) is 0 Å². The molecule has 16 heavy (non-hydrogen) atoms. The fourth-order valence-corrected chi connectivity index (χ4v) is 2.51. The number of anilines is 1. The molecule has 0 aromatic carbocycles. The average molecular weight is 215 g/mol. The fraction of sp³-hybridized carbons (Fsp3) is 0.333. The largest absolute Gasteiger partial charge is 0.384 e. The van der Waals surface area contributed by atoms with Gasteiger partial charge >= 0.3 is 0 Å². The van der Waals surface area contributed by atoms with Crippen molar-refractivity contribution >= 4 is 22.6 Å². The Hall–Kier alpha value is -1.84. The minimum atomic E-state index is 0.235. The molecule has 1 aliphatic carbocycles. The summed E-state index contributed by atoms with van der Waals surface area (Å²) in [5.41, 5.74) is 8.45. The summed E-state index contributed by atoms with van der Waals surface area (Å²) in [5.74, 6) is 0.733. The van der Waals surface area contributed by atoms with E-state index in [2.05, 4.69) is 4.98 Å². The number of rotatable bonds is 0. The predicted octanol–water partition coefficient (Wildman–Crippen LogP) is 1.67. The molecule has 3 rings (SSSR count). The van der Waals surface area contributed by atoms with Gasteiger partial charge in [0.2, 0.25) is 0 Å². The van der Waals surface area contributed by atoms with Gasteiger partial charge in [-0.05, 0) is 25.0 Å². The van der Waals surface area contributed by atoms with Crippen molar-refractivity contribution in [2.45, 2.75) is 19.3 Å². The summed E-state index contributed by atoms with van der Waals surface area (Å²) in [6.45, 7) is 0. The van der Waals surface area contributed by atoms with Gasteiger partial charge in [0.15, 0.2) is 5.78 Å². The smallest absolute Gasteiger partial charge is 0.165 e. The maximum atomic E-state index is 11.9. The van der Waals surface area contributed by atoms with Gasteiger partial charge in [-0.3, -0.25) is 4.79 Å². The van der Waals surface area contributed by atoms with Crippen molar-refractivity contribution in [3.05, 3.63) is 23.4 Å². The SMILES string of the molecule is Cn1c2c(c3ccc(N)nc31)C(=O)CCC2. The van der Waals surface area contributed by atoms with Crippen LogP contribution in [0.2, 0.25) is 0 Å². The highest BCUT2D eigenvalue weighted by Gasteiger charge is 2.24. The summed E-state index contributed by atoms with van der Waals surface area (Å²) in [7, 11) is 1.95. The van der Waals surface area contributed by atoms with Crippen LogP contribution in [0.3, 0.4) is 0 Å². The standard InChI is InChI=1S/C12H13N3O/c1-15-8-3-2-4-9(16)11(8)7-5-6-10(13)14-12(7)15/h5-6H,2-4H2,1H3,(H2,13,14). The highest BCUT2D eigenvalue weighted by molar-refractivity contribution is 6.09. The van der Waals surface area contributed by atoms with Gasteiger partial charge in [-0.2, -0.15) is 0 Å². The van der Waals surface area contributed by atoms with Gasteiger partial charge in [0.1, 0.15) is 11.5 Å². The predicted molar refractivity (Wildman–Crippen MR) is 62.4 cm³/mol. The molecule has 82 valence electrons. The third kappa shape index (κ3) is 1.10. The van der Waals surface area contributed by atoms with E-state index >= 15 is 0 Å². The molecule has 0 fully saturated rings. The minimum Gasteiger partial charge on any atom is -0.384 e. The maximum absolute atomic E-state index is 11.9. The molecule has 0 bridgehead atoms. The second kappa shape index (κ2) is 3.07. The van der Waals surface area contributed by atoms with Crippen LogP contribution in [0, 0.1) is 0 Å². The molecule has 0 unspecified atom stereocenters. The number of carbonyl (C=O) groups is 1. The van der Waals surface area contributed by atoms with Gasteiger partial charge < -0.3 is 10.3 Å². The average Bonchev–Trinajstić information content (AvgIpc) is 2.55. The van der Waals surface area contributed by atoms with Gasteiger partial charge in [-0.1, -0.05) is 0 Å². The molecule has 0 aliphatic heterocycles. The Morgan fingerprint density at radius 1 is 1.38 bits per heavy atom. The second-order valence-electron chi connectivity index (χ2n) is 4.26. The molecule has 0 saturated carbocycles. The first-order chi connectivity index (χ1) is 7.68. The second-order valence-corrected chi connectivity index (χ2v) is 4.26. The topological polar surface area (TPSA) is 60.9 Å². The van der Waals surface area contributed by atoms with E-state index in [0.29, 0.717) is 12.2 Å². The van der Waals surface area contributed by atoms with Crippen molar-refractivity contribution in [2.24, 2.45) is 7.05 Å². The van der Waals surface area contributed by atoms with Crippen molar-refractivity contribution in [3.63, 3.8) is 0 Å². The lowest BCUT2D eigenvalue weighted by Crippen LogP contribution is -2.11. The number of fused-ring (bicyclic) bond motifs is 3. The van der Waals surface area contributed by atoms with Crippen molar-refractivity contribution in [1.82, 2.24) is 9.55 Å². The third-order valence-corrected chi connectivity index (χ3v) is 3.27. The summed E-state index contributed by atoms with van der Waals surface area (Å²) in [6.07, 6.45) is 2.54. The number of pyridine rings is 1. The summed E-state index contributed by atoms with van der Waals surface area (Å²) in [6, 6.07) is 3.66. The molecule has 0 spiro atoms. The first-order valence-corrected chi connectivity index (χ1v) is 5.45. The molecule has 0 saturated heterocycles. The van der Waals surface area contributed by atoms with Crippen LogP contribution in [0.4, 0.5) is 5.82 Å². The Labute approximate surface area is 93.1 Å². The number of Topliss-reactive ketones (excluding diaryl/α,β-unsaturated/α-hetero) is 1. The van der Waals surface area contributed by atoms with Crippen LogP contribution in [0.25, 0.3) is 11.0 Å². The molecule has 4 nitrogen and oxygen atoms in total. The molecule has 2 aromatic rings. The monoisotopic (exact) mass is 215 g/mol. The minimum absolute atomic E-state index is 0.235. The Morgan fingerprint density at radius 2 is 2.19 bits per heavy atom. The van der Waals surface area contributed by atoms with Gasteiger partial charge in [0.25, 0.3) is 0 Å². The van der Waals surface area contributed by atoms with Crippen LogP contribution in [0.15, 0.2) is 12.1 Å². The van der Waals surface area contributed by atoms with Crippen LogP contribution in [0.5, 0.6) is 0 Å². The quantitative estimate of drug-likeness (QED) is 0.727. The molecule has 2 heterocycles. The van der Waals surface area contributed by atoms with E-state index < -0.39 is 0 Å². The molecular weight excluding hydrogens is 202 g/mol. The number of nitrogens with two attached hydrogens (primary N) is 1. The first kappa shape index (κ1) is 9.39. The zero-order valence-electron chi connectivity index (χ0n) is 9.16. The number of nitrogens with zero attached hydrogens (tertiary/aromatic N) is 2. The third-order valence-electron chi connectivity index (χ3n) is 3.27. The van der Waals surface area contributed by atoms with E-state index in [1.165, 1.54) is 0 Å². The number of aromatic nitrogens is 2. The van der Waals surface area contributed by atoms with E-state index in [1.54, 1.807) is 6.07 Å². The molecule has 2 N–H and O–H groups in total. The van der Waals surface area contributed by atoms with Crippen LogP contribution >= 0.6 is 0 Å². The van der Waals surface area contributed by atoms with E-state index in [4.69, 9.17) is 5.73 Å². The molecular formula is C12H13N3O. The molecule has 0 radical (unpaired) electrons. The van der Waals surface area contributed by atoms with Gasteiger partial charge in [0.05, 0.1) is 0 Å². The molecule has 0 atom stereocenters. The van der Waals surface area contributed by atoms with E-state index in [0.717, 1.165) is 35.1 Å². The number of carbonyl (C=O) groups excluding carboxylic acids is 1. The number of hydrogen-bond acceptors (Lipinski definition) is 3. The summed E-state index contributed by atoms with van der Waals surface area (Å²) in [4.78, 5) is 16.2. The van der Waals surface area contributed by atoms with Crippen LogP contribution in [0.1, 0.15) is 28.9 Å². The van der Waals surface area contributed by atoms with Crippen LogP contribution < -0.4 is 5.73 Å². The number of nitrogen functional groups attached to an aromatic ring is 1. The van der Waals surface area contributed by atoms with Crippen molar-refractivity contribution in [2.75, 3.05) is 5.73 Å². The Morgan fingerprint density at radius 3 is 3.00 bits per heavy atom. The maximum Gasteiger partial charge on any atom is 0.165 e. The lowest BCUT2D eigenvalue weighted by Gasteiger charge is -2.11. The molecule has 4 heteroatoms. The van der Waals surface area contributed by atoms with Crippen LogP contribution in [-0.4, -0.2) is 15.3 Å². The lowest BCUT2D eigenvalue weighted by atomic mass is 9.95. The summed E-state index contributed by atoms with van der Waals surface area (Å²) < 4.78 is 2.00. The van der Waals surface area contributed by atoms with Crippen molar-refractivity contribution in [3.8, 4) is 0 Å². The van der Waals surface area contributed by atoms with E-state index in [1.807, 2.05) is 17.7 Å². The number of hydrogen-bond donors (Lipinski definition) is 1. The molecule has 1 aliphatic rings. The van der Waals surface area contributed by atoms with Gasteiger partial charge in [0, 0.05) is 30.1 Å².